The minimum absolute atomic E-state index is 0.0327. The average Bonchev–Trinajstić information content (AvgIpc) is 3.14. The van der Waals surface area contributed by atoms with Crippen LogP contribution in [-0.4, -0.2) is 41.9 Å². The SMILES string of the molecule is C/C=N\C=C(\F)C/C(=C\C)c1[nH]c2c(c1Nc1ccccc1)C(=O)CC(C(=O)N(C)C)C2. The molecule has 2 aromatic rings. The van der Waals surface area contributed by atoms with Crippen LogP contribution in [0.3, 0.4) is 0 Å². The zero-order chi connectivity index (χ0) is 23.3. The lowest BCUT2D eigenvalue weighted by Gasteiger charge is -2.24. The van der Waals surface area contributed by atoms with Crippen molar-refractivity contribution in [1.29, 1.82) is 0 Å². The van der Waals surface area contributed by atoms with Gasteiger partial charge in [-0.15, -0.1) is 0 Å². The van der Waals surface area contributed by atoms with E-state index in [2.05, 4.69) is 15.3 Å². The molecule has 3 rings (SSSR count). The third-order valence-corrected chi connectivity index (χ3v) is 5.46. The largest absolute Gasteiger partial charge is 0.356 e. The number of ketones is 1. The lowest BCUT2D eigenvalue weighted by atomic mass is 9.85. The van der Waals surface area contributed by atoms with Crippen LogP contribution in [0.1, 0.15) is 48.4 Å². The average molecular weight is 437 g/mol. The predicted molar refractivity (Wildman–Crippen MR) is 127 cm³/mol. The monoisotopic (exact) mass is 436 g/mol. The van der Waals surface area contributed by atoms with Gasteiger partial charge in [-0.25, -0.2) is 4.39 Å². The molecule has 7 heteroatoms. The van der Waals surface area contributed by atoms with Crippen LogP contribution < -0.4 is 5.32 Å². The number of aromatic nitrogens is 1. The normalized spacial score (nSPS) is 16.9. The van der Waals surface area contributed by atoms with Gasteiger partial charge in [0.2, 0.25) is 5.91 Å². The number of hydrogen-bond donors (Lipinski definition) is 2. The Hall–Kier alpha value is -3.48. The Bertz CT molecular complexity index is 1080. The van der Waals surface area contributed by atoms with Gasteiger partial charge in [-0.2, -0.15) is 0 Å². The van der Waals surface area contributed by atoms with Gasteiger partial charge in [0, 0.05) is 51.0 Å². The first-order valence-corrected chi connectivity index (χ1v) is 10.6. The zero-order valence-electron chi connectivity index (χ0n) is 18.9. The summed E-state index contributed by atoms with van der Waals surface area (Å²) < 4.78 is 14.4. The number of halogens is 1. The van der Waals surface area contributed by atoms with Crippen molar-refractivity contribution >= 4 is 34.9 Å². The summed E-state index contributed by atoms with van der Waals surface area (Å²) in [4.78, 5) is 34.4. The van der Waals surface area contributed by atoms with Gasteiger partial charge in [-0.1, -0.05) is 24.3 Å². The Balaban J connectivity index is 2.07. The number of fused-ring (bicyclic) bond motifs is 1. The van der Waals surface area contributed by atoms with Crippen molar-refractivity contribution in [2.75, 3.05) is 19.4 Å². The topological polar surface area (TPSA) is 77.6 Å². The second-order valence-corrected chi connectivity index (χ2v) is 7.95. The van der Waals surface area contributed by atoms with E-state index in [1.165, 1.54) is 17.3 Å². The molecular weight excluding hydrogens is 407 g/mol. The molecule has 1 aliphatic rings. The third kappa shape index (κ3) is 5.04. The first kappa shape index (κ1) is 23.2. The molecule has 1 atom stereocenters. The molecule has 0 aliphatic heterocycles. The number of carbonyl (C=O) groups excluding carboxylic acids is 2. The molecule has 1 aromatic heterocycles. The molecule has 2 N–H and O–H groups in total. The summed E-state index contributed by atoms with van der Waals surface area (Å²) in [6, 6.07) is 9.52. The lowest BCUT2D eigenvalue weighted by molar-refractivity contribution is -0.133. The van der Waals surface area contributed by atoms with E-state index in [9.17, 15) is 14.0 Å². The van der Waals surface area contributed by atoms with Crippen molar-refractivity contribution in [3.05, 3.63) is 65.4 Å². The first-order chi connectivity index (χ1) is 15.3. The summed E-state index contributed by atoms with van der Waals surface area (Å²) in [5.41, 5.74) is 4.02. The number of Topliss-reactive ketones (excluding diaryl/α,β-unsaturated/α-hetero) is 1. The second kappa shape index (κ2) is 10.2. The van der Waals surface area contributed by atoms with Crippen LogP contribution in [0.15, 0.2) is 53.4 Å². The molecule has 0 fully saturated rings. The number of rotatable bonds is 7. The highest BCUT2D eigenvalue weighted by atomic mass is 19.1. The number of para-hydroxylation sites is 1. The number of nitrogens with one attached hydrogen (secondary N) is 2. The van der Waals surface area contributed by atoms with Gasteiger partial charge < -0.3 is 15.2 Å². The number of nitrogens with zero attached hydrogens (tertiary/aromatic N) is 2. The van der Waals surface area contributed by atoms with E-state index in [4.69, 9.17) is 0 Å². The van der Waals surface area contributed by atoms with Crippen LogP contribution in [0.25, 0.3) is 5.57 Å². The molecule has 1 aliphatic carbocycles. The summed E-state index contributed by atoms with van der Waals surface area (Å²) in [5, 5.41) is 3.35. The van der Waals surface area contributed by atoms with Crippen LogP contribution in [-0.2, 0) is 11.2 Å². The van der Waals surface area contributed by atoms with Gasteiger partial charge in [0.1, 0.15) is 5.83 Å². The van der Waals surface area contributed by atoms with Crippen molar-refractivity contribution in [2.45, 2.75) is 33.1 Å². The Morgan fingerprint density at radius 3 is 2.59 bits per heavy atom. The fourth-order valence-corrected chi connectivity index (χ4v) is 3.95. The van der Waals surface area contributed by atoms with E-state index < -0.39 is 5.92 Å². The summed E-state index contributed by atoms with van der Waals surface area (Å²) in [5.74, 6) is -0.975. The van der Waals surface area contributed by atoms with E-state index in [1.54, 1.807) is 21.0 Å². The number of aromatic amines is 1. The molecule has 168 valence electrons. The van der Waals surface area contributed by atoms with Crippen molar-refractivity contribution in [3.8, 4) is 0 Å². The number of carbonyl (C=O) groups is 2. The highest BCUT2D eigenvalue weighted by Crippen LogP contribution is 2.40. The molecule has 1 unspecified atom stereocenters. The smallest absolute Gasteiger partial charge is 0.226 e. The Kier molecular flexibility index (Phi) is 7.41. The Labute approximate surface area is 187 Å². The van der Waals surface area contributed by atoms with Crippen molar-refractivity contribution in [1.82, 2.24) is 9.88 Å². The van der Waals surface area contributed by atoms with Crippen molar-refractivity contribution in [3.63, 3.8) is 0 Å². The molecule has 6 nitrogen and oxygen atoms in total. The summed E-state index contributed by atoms with van der Waals surface area (Å²) in [6.45, 7) is 3.55. The molecule has 0 bridgehead atoms. The maximum absolute atomic E-state index is 14.4. The van der Waals surface area contributed by atoms with Gasteiger partial charge in [-0.05, 0) is 31.6 Å². The molecule has 1 heterocycles. The minimum atomic E-state index is -0.411. The van der Waals surface area contributed by atoms with E-state index in [1.807, 2.05) is 43.3 Å². The molecular formula is C25H29FN4O2. The zero-order valence-corrected chi connectivity index (χ0v) is 18.9. The van der Waals surface area contributed by atoms with Crippen molar-refractivity contribution < 1.29 is 14.0 Å². The number of hydrogen-bond acceptors (Lipinski definition) is 4. The van der Waals surface area contributed by atoms with Crippen LogP contribution in [0.2, 0.25) is 0 Å². The Morgan fingerprint density at radius 2 is 1.97 bits per heavy atom. The summed E-state index contributed by atoms with van der Waals surface area (Å²) in [7, 11) is 3.38. The predicted octanol–water partition coefficient (Wildman–Crippen LogP) is 5.29. The molecule has 32 heavy (non-hydrogen) atoms. The van der Waals surface area contributed by atoms with E-state index >= 15 is 0 Å². The van der Waals surface area contributed by atoms with Gasteiger partial charge >= 0.3 is 0 Å². The van der Waals surface area contributed by atoms with Gasteiger partial charge in [0.25, 0.3) is 0 Å². The molecule has 1 aromatic carbocycles. The number of H-pyrrole nitrogens is 1. The first-order valence-electron chi connectivity index (χ1n) is 10.6. The number of benzene rings is 1. The van der Waals surface area contributed by atoms with Crippen LogP contribution in [0.5, 0.6) is 0 Å². The van der Waals surface area contributed by atoms with E-state index in [0.29, 0.717) is 34.6 Å². The van der Waals surface area contributed by atoms with E-state index in [-0.39, 0.29) is 30.4 Å². The quantitative estimate of drug-likeness (QED) is 0.579. The standard InChI is InChI=1S/C25H29FN4O2/c1-5-16(12-18(26)15-27-6-2)23-24(28-19-10-8-7-9-11-19)22-20(29-23)13-17(14-21(22)31)25(32)30(3)4/h5-11,15,17,28-29H,12-14H2,1-4H3/b16-5+,18-15+,27-6-. The Morgan fingerprint density at radius 1 is 1.25 bits per heavy atom. The summed E-state index contributed by atoms with van der Waals surface area (Å²) in [6.07, 6.45) is 5.14. The highest BCUT2D eigenvalue weighted by Gasteiger charge is 2.35. The van der Waals surface area contributed by atoms with Gasteiger partial charge in [-0.3, -0.25) is 14.6 Å². The number of amides is 1. The molecule has 0 saturated heterocycles. The lowest BCUT2D eigenvalue weighted by Crippen LogP contribution is -2.35. The third-order valence-electron chi connectivity index (χ3n) is 5.46. The fourth-order valence-electron chi connectivity index (χ4n) is 3.95. The maximum atomic E-state index is 14.4. The number of aliphatic imine (C=N–C) groups is 1. The molecule has 1 amide bonds. The van der Waals surface area contributed by atoms with Crippen LogP contribution >= 0.6 is 0 Å². The fraction of sp³-hybridized carbons (Fsp3) is 0.320. The van der Waals surface area contributed by atoms with Crippen LogP contribution in [0.4, 0.5) is 15.8 Å². The maximum Gasteiger partial charge on any atom is 0.226 e. The molecule has 0 saturated carbocycles. The van der Waals surface area contributed by atoms with Gasteiger partial charge in [0.05, 0.1) is 29.1 Å². The number of allylic oxidation sites excluding steroid dienone is 3. The second-order valence-electron chi connectivity index (χ2n) is 7.95. The molecule has 0 radical (unpaired) electrons. The van der Waals surface area contributed by atoms with Crippen molar-refractivity contribution in [2.24, 2.45) is 10.9 Å². The van der Waals surface area contributed by atoms with Gasteiger partial charge in [0.15, 0.2) is 5.78 Å². The molecule has 0 spiro atoms. The van der Waals surface area contributed by atoms with Crippen LogP contribution in [0, 0.1) is 5.92 Å². The number of anilines is 2. The highest BCUT2D eigenvalue weighted by molar-refractivity contribution is 6.08. The van der Waals surface area contributed by atoms with E-state index in [0.717, 1.165) is 5.69 Å². The summed E-state index contributed by atoms with van der Waals surface area (Å²) >= 11 is 0. The minimum Gasteiger partial charge on any atom is -0.356 e.